The van der Waals surface area contributed by atoms with E-state index in [1.807, 2.05) is 6.08 Å². The molecule has 0 unspecified atom stereocenters. The van der Waals surface area contributed by atoms with Gasteiger partial charge in [-0.1, -0.05) is 57.6 Å². The molecular weight excluding hydrogens is 288 g/mol. The molecule has 1 aliphatic rings. The Morgan fingerprint density at radius 1 is 1.41 bits per heavy atom. The predicted molar refractivity (Wildman–Crippen MR) is 98.7 cm³/mol. The average molecular weight is 323 g/mol. The second-order valence-corrected chi connectivity index (χ2v) is 12.7. The third kappa shape index (κ3) is 5.53. The fraction of sp³-hybridized carbons (Fsp3) is 0.684. The first-order chi connectivity index (χ1) is 10.1. The van der Waals surface area contributed by atoms with E-state index >= 15 is 0 Å². The zero-order chi connectivity index (χ0) is 17.0. The summed E-state index contributed by atoms with van der Waals surface area (Å²) in [7, 11) is -1.78. The van der Waals surface area contributed by atoms with Crippen LogP contribution >= 0.6 is 0 Å². The second kappa shape index (κ2) is 7.76. The Hall–Kier alpha value is -0.643. The van der Waals surface area contributed by atoms with Crippen LogP contribution in [0.5, 0.6) is 0 Å². The zero-order valence-electron chi connectivity index (χ0n) is 15.5. The molecule has 0 aliphatic carbocycles. The van der Waals surface area contributed by atoms with Crippen molar-refractivity contribution in [2.45, 2.75) is 71.4 Å². The first-order valence-electron chi connectivity index (χ1n) is 8.33. The summed E-state index contributed by atoms with van der Waals surface area (Å²) < 4.78 is 12.2. The van der Waals surface area contributed by atoms with E-state index < -0.39 is 8.32 Å². The van der Waals surface area contributed by atoms with E-state index in [1.54, 1.807) is 0 Å². The smallest absolute Gasteiger partial charge is 0.192 e. The van der Waals surface area contributed by atoms with Gasteiger partial charge < -0.3 is 9.16 Å². The predicted octanol–water partition coefficient (Wildman–Crippen LogP) is 5.49. The quantitative estimate of drug-likeness (QED) is 0.475. The molecule has 1 rings (SSSR count). The second-order valence-electron chi connectivity index (χ2n) is 7.95. The Labute approximate surface area is 138 Å². The van der Waals surface area contributed by atoms with Crippen LogP contribution in [0.1, 0.15) is 41.0 Å². The van der Waals surface area contributed by atoms with Crippen molar-refractivity contribution in [3.63, 3.8) is 0 Å². The van der Waals surface area contributed by atoms with E-state index in [0.29, 0.717) is 5.92 Å². The molecule has 3 heteroatoms. The van der Waals surface area contributed by atoms with Gasteiger partial charge in [0.2, 0.25) is 0 Å². The van der Waals surface area contributed by atoms with Crippen molar-refractivity contribution in [3.8, 4) is 0 Å². The van der Waals surface area contributed by atoms with E-state index in [1.165, 1.54) is 5.57 Å². The molecule has 0 saturated heterocycles. The largest absolute Gasteiger partial charge is 0.410 e. The van der Waals surface area contributed by atoms with Crippen molar-refractivity contribution >= 4 is 8.32 Å². The Morgan fingerprint density at radius 2 is 2.05 bits per heavy atom. The Morgan fingerprint density at radius 3 is 2.55 bits per heavy atom. The summed E-state index contributed by atoms with van der Waals surface area (Å²) in [5.74, 6) is 0.307. The molecule has 0 radical (unpaired) electrons. The first-order valence-corrected chi connectivity index (χ1v) is 11.2. The minimum absolute atomic E-state index is 0.0670. The summed E-state index contributed by atoms with van der Waals surface area (Å²) in [6, 6.07) is 0. The van der Waals surface area contributed by atoms with Gasteiger partial charge in [0.15, 0.2) is 8.32 Å². The van der Waals surface area contributed by atoms with E-state index in [2.05, 4.69) is 72.5 Å². The first kappa shape index (κ1) is 19.4. The van der Waals surface area contributed by atoms with Crippen molar-refractivity contribution < 1.29 is 9.16 Å². The van der Waals surface area contributed by atoms with E-state index in [9.17, 15) is 0 Å². The molecule has 3 atom stereocenters. The summed E-state index contributed by atoms with van der Waals surface area (Å²) >= 11 is 0. The fourth-order valence-corrected chi connectivity index (χ4v) is 3.54. The SMILES string of the molecule is C=C[C@@H](O[Si](C)(C)C(C)(C)C)[C@@H](C)/C=C/[C@@H]1CC(C)=CCO1. The molecule has 0 aromatic carbocycles. The maximum atomic E-state index is 6.49. The van der Waals surface area contributed by atoms with Gasteiger partial charge in [0.25, 0.3) is 0 Å². The number of hydrogen-bond donors (Lipinski definition) is 0. The van der Waals surface area contributed by atoms with Gasteiger partial charge in [0, 0.05) is 5.92 Å². The van der Waals surface area contributed by atoms with Gasteiger partial charge in [-0.3, -0.25) is 0 Å². The van der Waals surface area contributed by atoms with Crippen LogP contribution in [0.25, 0.3) is 0 Å². The van der Waals surface area contributed by atoms with Crippen LogP contribution in [0.2, 0.25) is 18.1 Å². The lowest BCUT2D eigenvalue weighted by Crippen LogP contribution is -2.44. The Balaban J connectivity index is 2.67. The fourth-order valence-electron chi connectivity index (χ4n) is 2.19. The van der Waals surface area contributed by atoms with Gasteiger partial charge in [-0.15, -0.1) is 6.58 Å². The summed E-state index contributed by atoms with van der Waals surface area (Å²) in [5.41, 5.74) is 1.41. The Bertz CT molecular complexity index is 429. The van der Waals surface area contributed by atoms with E-state index in [0.717, 1.165) is 13.0 Å². The van der Waals surface area contributed by atoms with Gasteiger partial charge in [-0.2, -0.15) is 0 Å². The third-order valence-corrected chi connectivity index (χ3v) is 9.36. The molecule has 22 heavy (non-hydrogen) atoms. The van der Waals surface area contributed by atoms with Gasteiger partial charge in [-0.25, -0.2) is 0 Å². The highest BCUT2D eigenvalue weighted by Crippen LogP contribution is 2.38. The monoisotopic (exact) mass is 322 g/mol. The minimum Gasteiger partial charge on any atom is -0.410 e. The maximum absolute atomic E-state index is 6.49. The van der Waals surface area contributed by atoms with Gasteiger partial charge in [0.1, 0.15) is 0 Å². The third-order valence-electron chi connectivity index (χ3n) is 4.88. The normalized spacial score (nSPS) is 23.2. The highest BCUT2D eigenvalue weighted by Gasteiger charge is 2.39. The number of rotatable bonds is 6. The average Bonchev–Trinajstić information content (AvgIpc) is 2.41. The molecule has 0 N–H and O–H groups in total. The molecule has 0 spiro atoms. The summed E-state index contributed by atoms with van der Waals surface area (Å²) in [6.45, 7) is 20.4. The summed E-state index contributed by atoms with van der Waals surface area (Å²) in [6.07, 6.45) is 9.77. The van der Waals surface area contributed by atoms with Gasteiger partial charge >= 0.3 is 0 Å². The molecule has 126 valence electrons. The van der Waals surface area contributed by atoms with Crippen LogP contribution in [-0.2, 0) is 9.16 Å². The van der Waals surface area contributed by atoms with Crippen LogP contribution in [0.4, 0.5) is 0 Å². The zero-order valence-corrected chi connectivity index (χ0v) is 16.5. The molecular formula is C19H34O2Si. The molecule has 0 saturated carbocycles. The number of hydrogen-bond acceptors (Lipinski definition) is 2. The highest BCUT2D eigenvalue weighted by atomic mass is 28.4. The Kier molecular flexibility index (Phi) is 6.84. The molecule has 1 aliphatic heterocycles. The summed E-state index contributed by atoms with van der Waals surface area (Å²) in [4.78, 5) is 0. The molecule has 0 amide bonds. The standard InChI is InChI=1S/C19H34O2Si/c1-9-18(21-22(7,8)19(4,5)6)16(3)10-11-17-14-15(2)12-13-20-17/h9-12,16-18H,1,13-14H2,2-8H3/b11-10+/t16-,17+,18+/m0/s1. The molecule has 0 bridgehead atoms. The maximum Gasteiger partial charge on any atom is 0.192 e. The minimum atomic E-state index is -1.78. The van der Waals surface area contributed by atoms with Gasteiger partial charge in [0.05, 0.1) is 18.8 Å². The van der Waals surface area contributed by atoms with Crippen molar-refractivity contribution in [1.29, 1.82) is 0 Å². The molecule has 0 aromatic rings. The van der Waals surface area contributed by atoms with E-state index in [-0.39, 0.29) is 17.2 Å². The lowest BCUT2D eigenvalue weighted by Gasteiger charge is -2.39. The highest BCUT2D eigenvalue weighted by molar-refractivity contribution is 6.74. The van der Waals surface area contributed by atoms with Crippen molar-refractivity contribution in [2.75, 3.05) is 6.61 Å². The molecule has 0 fully saturated rings. The van der Waals surface area contributed by atoms with Crippen molar-refractivity contribution in [1.82, 2.24) is 0 Å². The van der Waals surface area contributed by atoms with Crippen LogP contribution in [-0.4, -0.2) is 27.1 Å². The van der Waals surface area contributed by atoms with Crippen LogP contribution in [0.3, 0.4) is 0 Å². The molecule has 0 aromatic heterocycles. The van der Waals surface area contributed by atoms with Crippen molar-refractivity contribution in [2.24, 2.45) is 5.92 Å². The summed E-state index contributed by atoms with van der Waals surface area (Å²) in [5, 5.41) is 0.214. The molecule has 1 heterocycles. The lowest BCUT2D eigenvalue weighted by atomic mass is 10.0. The molecule has 2 nitrogen and oxygen atoms in total. The van der Waals surface area contributed by atoms with Gasteiger partial charge in [-0.05, 0) is 31.5 Å². The number of ether oxygens (including phenoxy) is 1. The van der Waals surface area contributed by atoms with Crippen LogP contribution in [0.15, 0.2) is 36.5 Å². The van der Waals surface area contributed by atoms with Crippen molar-refractivity contribution in [3.05, 3.63) is 36.5 Å². The lowest BCUT2D eigenvalue weighted by molar-refractivity contribution is 0.0979. The topological polar surface area (TPSA) is 18.5 Å². The van der Waals surface area contributed by atoms with Crippen LogP contribution < -0.4 is 0 Å². The van der Waals surface area contributed by atoms with E-state index in [4.69, 9.17) is 9.16 Å². The van der Waals surface area contributed by atoms with Crippen LogP contribution in [0, 0.1) is 5.92 Å².